The minimum Gasteiger partial charge on any atom is -0.492 e. The van der Waals surface area contributed by atoms with Crippen molar-refractivity contribution in [1.82, 2.24) is 4.98 Å². The van der Waals surface area contributed by atoms with Gasteiger partial charge in [0.25, 0.3) is 0 Å². The molecular weight excluding hydrogens is 164 g/mol. The number of nitrogen functional groups attached to an aromatic ring is 1. The molecule has 0 bridgehead atoms. The van der Waals surface area contributed by atoms with Gasteiger partial charge >= 0.3 is 0 Å². The Bertz CT molecular complexity index is 252. The van der Waals surface area contributed by atoms with E-state index < -0.39 is 0 Å². The molecule has 1 aromatic heterocycles. The summed E-state index contributed by atoms with van der Waals surface area (Å²) in [7, 11) is 0. The number of nitrogens with two attached hydrogens (primary N) is 1. The maximum atomic E-state index is 5.76. The van der Waals surface area contributed by atoms with Gasteiger partial charge in [0.2, 0.25) is 0 Å². The van der Waals surface area contributed by atoms with Crippen molar-refractivity contribution in [2.24, 2.45) is 0 Å². The lowest BCUT2D eigenvalue weighted by Gasteiger charge is -2.05. The molecule has 0 aliphatic carbocycles. The third-order valence-corrected chi connectivity index (χ3v) is 1.56. The summed E-state index contributed by atoms with van der Waals surface area (Å²) in [5.74, 6) is 0.888. The van der Waals surface area contributed by atoms with Crippen LogP contribution in [0.25, 0.3) is 0 Å². The number of ether oxygens (including phenoxy) is 1. The summed E-state index contributed by atoms with van der Waals surface area (Å²) in [6.07, 6.45) is 1.56. The molecule has 60 valence electrons. The Morgan fingerprint density at radius 2 is 2.45 bits per heavy atom. The molecule has 0 aromatic carbocycles. The minimum absolute atomic E-state index is 0.303. The van der Waals surface area contributed by atoms with Crippen LogP contribution in [0.2, 0.25) is 5.02 Å². The third-order valence-electron chi connectivity index (χ3n) is 1.18. The molecule has 2 N–H and O–H groups in total. The summed E-state index contributed by atoms with van der Waals surface area (Å²) in [6, 6.07) is 1.68. The number of nitrogens with zero attached hydrogens (tertiary/aromatic N) is 1. The van der Waals surface area contributed by atoms with Gasteiger partial charge in [-0.3, -0.25) is 0 Å². The lowest BCUT2D eigenvalue weighted by molar-refractivity contribution is 0.340. The number of anilines is 1. The first-order chi connectivity index (χ1) is 5.25. The molecular formula is C7H9ClN2O. The highest BCUT2D eigenvalue weighted by Crippen LogP contribution is 2.27. The number of hydrogen-bond donors (Lipinski definition) is 1. The molecule has 1 heterocycles. The van der Waals surface area contributed by atoms with Crippen molar-refractivity contribution in [2.75, 3.05) is 12.3 Å². The van der Waals surface area contributed by atoms with E-state index >= 15 is 0 Å². The van der Waals surface area contributed by atoms with Crippen LogP contribution in [-0.2, 0) is 0 Å². The molecule has 1 aromatic rings. The fraction of sp³-hybridized carbons (Fsp3) is 0.286. The van der Waals surface area contributed by atoms with Gasteiger partial charge in [-0.1, -0.05) is 11.6 Å². The summed E-state index contributed by atoms with van der Waals surface area (Å²) >= 11 is 5.76. The van der Waals surface area contributed by atoms with Crippen molar-refractivity contribution < 1.29 is 4.74 Å². The zero-order valence-corrected chi connectivity index (χ0v) is 6.93. The fourth-order valence-corrected chi connectivity index (χ4v) is 0.875. The fourth-order valence-electron chi connectivity index (χ4n) is 0.708. The summed E-state index contributed by atoms with van der Waals surface area (Å²) in [4.78, 5) is 3.79. The molecule has 4 heteroatoms. The van der Waals surface area contributed by atoms with Gasteiger partial charge in [0, 0.05) is 12.3 Å². The van der Waals surface area contributed by atoms with Crippen LogP contribution in [0.3, 0.4) is 0 Å². The average Bonchev–Trinajstić information content (AvgIpc) is 1.99. The second-order valence-corrected chi connectivity index (χ2v) is 2.32. The number of aromatic nitrogens is 1. The maximum absolute atomic E-state index is 5.76. The van der Waals surface area contributed by atoms with Crippen LogP contribution < -0.4 is 10.5 Å². The Labute approximate surface area is 70.1 Å². The van der Waals surface area contributed by atoms with E-state index in [4.69, 9.17) is 22.1 Å². The van der Waals surface area contributed by atoms with Crippen molar-refractivity contribution in [2.45, 2.75) is 6.92 Å². The van der Waals surface area contributed by atoms with Gasteiger partial charge in [-0.25, -0.2) is 4.98 Å². The van der Waals surface area contributed by atoms with Crippen LogP contribution in [0.1, 0.15) is 6.92 Å². The Balaban J connectivity index is 2.96. The minimum atomic E-state index is 0.303. The zero-order chi connectivity index (χ0) is 8.27. The molecule has 3 nitrogen and oxygen atoms in total. The van der Waals surface area contributed by atoms with Gasteiger partial charge in [0.15, 0.2) is 0 Å². The van der Waals surface area contributed by atoms with Crippen LogP contribution in [0, 0.1) is 0 Å². The Kier molecular flexibility index (Phi) is 2.54. The average molecular weight is 173 g/mol. The van der Waals surface area contributed by atoms with Crippen LogP contribution in [0.5, 0.6) is 5.75 Å². The first-order valence-corrected chi connectivity index (χ1v) is 3.66. The lowest BCUT2D eigenvalue weighted by atomic mass is 10.4. The number of rotatable bonds is 2. The van der Waals surface area contributed by atoms with Crippen molar-refractivity contribution >= 4 is 17.4 Å². The molecule has 0 aliphatic heterocycles. The highest BCUT2D eigenvalue weighted by Gasteiger charge is 2.03. The molecule has 11 heavy (non-hydrogen) atoms. The topological polar surface area (TPSA) is 48.1 Å². The highest BCUT2D eigenvalue weighted by atomic mass is 35.5. The van der Waals surface area contributed by atoms with Crippen LogP contribution in [-0.4, -0.2) is 11.6 Å². The van der Waals surface area contributed by atoms with Gasteiger partial charge in [-0.15, -0.1) is 0 Å². The van der Waals surface area contributed by atoms with E-state index in [1.165, 1.54) is 0 Å². The molecule has 0 radical (unpaired) electrons. The normalized spacial score (nSPS) is 9.64. The van der Waals surface area contributed by atoms with Gasteiger partial charge in [-0.05, 0) is 6.92 Å². The number of pyridine rings is 1. The quantitative estimate of drug-likeness (QED) is 0.739. The van der Waals surface area contributed by atoms with Crippen molar-refractivity contribution in [1.29, 1.82) is 0 Å². The molecule has 0 saturated heterocycles. The Morgan fingerprint density at radius 3 is 3.09 bits per heavy atom. The standard InChI is InChI=1S/C7H9ClN2O/c1-2-11-5-3-4-10-7(9)6(5)8/h3-4H,2H2,1H3,(H2,9,10). The highest BCUT2D eigenvalue weighted by molar-refractivity contribution is 6.34. The maximum Gasteiger partial charge on any atom is 0.145 e. The molecule has 0 atom stereocenters. The predicted molar refractivity (Wildman–Crippen MR) is 44.8 cm³/mol. The van der Waals surface area contributed by atoms with E-state index in [1.807, 2.05) is 6.92 Å². The monoisotopic (exact) mass is 172 g/mol. The third kappa shape index (κ3) is 1.74. The molecule has 1 rings (SSSR count). The summed E-state index contributed by atoms with van der Waals surface area (Å²) < 4.78 is 5.17. The SMILES string of the molecule is CCOc1ccnc(N)c1Cl. The Morgan fingerprint density at radius 1 is 1.73 bits per heavy atom. The molecule has 0 aliphatic rings. The van der Waals surface area contributed by atoms with E-state index in [-0.39, 0.29) is 0 Å². The molecule has 0 spiro atoms. The summed E-state index contributed by atoms with van der Waals surface area (Å²) in [6.45, 7) is 2.45. The van der Waals surface area contributed by atoms with E-state index in [0.717, 1.165) is 0 Å². The van der Waals surface area contributed by atoms with Crippen molar-refractivity contribution in [3.63, 3.8) is 0 Å². The zero-order valence-electron chi connectivity index (χ0n) is 6.17. The van der Waals surface area contributed by atoms with Gasteiger partial charge < -0.3 is 10.5 Å². The van der Waals surface area contributed by atoms with Crippen LogP contribution in [0.4, 0.5) is 5.82 Å². The molecule has 0 unspecified atom stereocenters. The molecule has 0 fully saturated rings. The van der Waals surface area contributed by atoms with Gasteiger partial charge in [0.05, 0.1) is 6.61 Å². The smallest absolute Gasteiger partial charge is 0.145 e. The van der Waals surface area contributed by atoms with Crippen molar-refractivity contribution in [3.05, 3.63) is 17.3 Å². The van der Waals surface area contributed by atoms with Crippen LogP contribution in [0.15, 0.2) is 12.3 Å². The Hall–Kier alpha value is -0.960. The van der Waals surface area contributed by atoms with E-state index in [9.17, 15) is 0 Å². The van der Waals surface area contributed by atoms with Gasteiger partial charge in [-0.2, -0.15) is 0 Å². The second-order valence-electron chi connectivity index (χ2n) is 1.94. The van der Waals surface area contributed by atoms with E-state index in [1.54, 1.807) is 12.3 Å². The summed E-state index contributed by atoms with van der Waals surface area (Å²) in [5, 5.41) is 0.384. The molecule has 0 saturated carbocycles. The number of halogens is 1. The van der Waals surface area contributed by atoms with E-state index in [0.29, 0.717) is 23.2 Å². The summed E-state index contributed by atoms with van der Waals surface area (Å²) in [5.41, 5.74) is 5.43. The first-order valence-electron chi connectivity index (χ1n) is 3.28. The van der Waals surface area contributed by atoms with Gasteiger partial charge in [0.1, 0.15) is 16.6 Å². The lowest BCUT2D eigenvalue weighted by Crippen LogP contribution is -1.96. The number of hydrogen-bond acceptors (Lipinski definition) is 3. The first kappa shape index (κ1) is 8.14. The van der Waals surface area contributed by atoms with E-state index in [2.05, 4.69) is 4.98 Å². The van der Waals surface area contributed by atoms with Crippen molar-refractivity contribution in [3.8, 4) is 5.75 Å². The largest absolute Gasteiger partial charge is 0.492 e. The van der Waals surface area contributed by atoms with Crippen LogP contribution >= 0.6 is 11.6 Å². The molecule has 0 amide bonds. The second kappa shape index (κ2) is 3.44. The predicted octanol–water partition coefficient (Wildman–Crippen LogP) is 1.72.